The van der Waals surface area contributed by atoms with Gasteiger partial charge in [-0.2, -0.15) is 10.5 Å². The third-order valence-electron chi connectivity index (χ3n) is 10.7. The number of halogens is 6. The average Bonchev–Trinajstić information content (AvgIpc) is 3.74. The first-order valence-corrected chi connectivity index (χ1v) is 20.5. The van der Waals surface area contributed by atoms with Crippen molar-refractivity contribution >= 4 is 34.6 Å². The summed E-state index contributed by atoms with van der Waals surface area (Å²) in [5.41, 5.74) is 2.26. The molecule has 338 valence electrons. The highest BCUT2D eigenvalue weighted by molar-refractivity contribution is 6.05. The lowest BCUT2D eigenvalue weighted by Crippen LogP contribution is -2.38. The molecule has 19 heteroatoms. The van der Waals surface area contributed by atoms with Crippen molar-refractivity contribution in [2.75, 3.05) is 46.6 Å². The smallest absolute Gasteiger partial charge is 0.291 e. The van der Waals surface area contributed by atoms with Gasteiger partial charge < -0.3 is 34.5 Å². The van der Waals surface area contributed by atoms with Crippen molar-refractivity contribution in [2.45, 2.75) is 37.9 Å². The standard InChI is InChI=1S/C24H18F4N4O2.C23H21F2N5O2/c25-15-2-4-22(18(27)10-15)34-17-5-7-32(8-6-17)21-3-1-14(12-29)9-20(21)31-24(33)23-19(28)11-16(26)13-30-23;1-29-11-8-27-22(29)23(31)28-19-12-15(14-26)2-4-20(19)30-9-6-17(7-10-30)32-21-5-3-16(24)13-18(21)25/h1-4,9-11,13,17H,5-8H2,(H,31,33);2-5,8,11-13,17H,6-7,9-10H2,1H3,(H,28,31). The average molecular weight is 908 g/mol. The second-order valence-electron chi connectivity index (χ2n) is 15.2. The number of piperidine rings is 2. The molecule has 4 heterocycles. The lowest BCUT2D eigenvalue weighted by atomic mass is 10.1. The number of rotatable bonds is 10. The van der Waals surface area contributed by atoms with E-state index in [-0.39, 0.29) is 46.7 Å². The van der Waals surface area contributed by atoms with Crippen LogP contribution in [0.15, 0.2) is 97.5 Å². The van der Waals surface area contributed by atoms with Crippen molar-refractivity contribution in [3.05, 3.63) is 155 Å². The van der Waals surface area contributed by atoms with Crippen molar-refractivity contribution in [2.24, 2.45) is 7.05 Å². The molecule has 2 N–H and O–H groups in total. The van der Waals surface area contributed by atoms with Crippen LogP contribution in [0.25, 0.3) is 0 Å². The normalized spacial score (nSPS) is 14.0. The van der Waals surface area contributed by atoms with Crippen LogP contribution in [0.3, 0.4) is 0 Å². The van der Waals surface area contributed by atoms with Crippen molar-refractivity contribution in [1.82, 2.24) is 14.5 Å². The quantitative estimate of drug-likeness (QED) is 0.127. The Hall–Kier alpha value is -8.06. The number of carbonyl (C=O) groups is 2. The van der Waals surface area contributed by atoms with Gasteiger partial charge >= 0.3 is 0 Å². The molecule has 2 aliphatic heterocycles. The summed E-state index contributed by atoms with van der Waals surface area (Å²) in [5.74, 6) is -5.86. The molecular formula is C47H39F6N9O4. The molecule has 0 spiro atoms. The van der Waals surface area contributed by atoms with E-state index in [0.29, 0.717) is 74.9 Å². The maximum atomic E-state index is 14.0. The SMILES string of the molecule is Cn1ccnc1C(=O)Nc1cc(C#N)ccc1N1CCC(Oc2ccc(F)cc2F)CC1.N#Cc1ccc(N2CCC(Oc3ccc(F)cc3F)CC2)c(NC(=O)c2ncc(F)cc2F)c1. The Morgan fingerprint density at radius 2 is 1.09 bits per heavy atom. The van der Waals surface area contributed by atoms with Gasteiger partial charge in [-0.25, -0.2) is 36.3 Å². The molecule has 0 radical (unpaired) electrons. The molecule has 0 aliphatic carbocycles. The number of aromatic nitrogens is 3. The second-order valence-corrected chi connectivity index (χ2v) is 15.2. The van der Waals surface area contributed by atoms with Gasteiger partial charge in [-0.15, -0.1) is 0 Å². The van der Waals surface area contributed by atoms with Crippen LogP contribution in [0.1, 0.15) is 57.9 Å². The van der Waals surface area contributed by atoms with Gasteiger partial charge in [0.25, 0.3) is 11.8 Å². The Morgan fingerprint density at radius 1 is 0.621 bits per heavy atom. The summed E-state index contributed by atoms with van der Waals surface area (Å²) < 4.78 is 94.1. The fourth-order valence-electron chi connectivity index (χ4n) is 7.42. The zero-order chi connectivity index (χ0) is 46.9. The number of benzene rings is 4. The minimum Gasteiger partial charge on any atom is -0.487 e. The maximum Gasteiger partial charge on any atom is 0.291 e. The molecule has 4 aromatic carbocycles. The highest BCUT2D eigenvalue weighted by Gasteiger charge is 2.27. The molecule has 13 nitrogen and oxygen atoms in total. The van der Waals surface area contributed by atoms with Gasteiger partial charge in [-0.1, -0.05) is 0 Å². The molecule has 8 rings (SSSR count). The minimum absolute atomic E-state index is 0.0278. The van der Waals surface area contributed by atoms with E-state index >= 15 is 0 Å². The molecule has 2 amide bonds. The third-order valence-corrected chi connectivity index (χ3v) is 10.7. The molecule has 2 aliphatic rings. The van der Waals surface area contributed by atoms with Crippen LogP contribution in [0, 0.1) is 57.6 Å². The summed E-state index contributed by atoms with van der Waals surface area (Å²) in [4.78, 5) is 36.8. The molecule has 0 atom stereocenters. The van der Waals surface area contributed by atoms with Gasteiger partial charge in [0.2, 0.25) is 0 Å². The monoisotopic (exact) mass is 907 g/mol. The maximum absolute atomic E-state index is 14.0. The number of amides is 2. The summed E-state index contributed by atoms with van der Waals surface area (Å²) in [6, 6.07) is 20.8. The highest BCUT2D eigenvalue weighted by atomic mass is 19.2. The molecular weight excluding hydrogens is 869 g/mol. The van der Waals surface area contributed by atoms with Crippen LogP contribution in [0.2, 0.25) is 0 Å². The summed E-state index contributed by atoms with van der Waals surface area (Å²) in [5, 5.41) is 23.9. The Balaban J connectivity index is 0.000000197. The van der Waals surface area contributed by atoms with Gasteiger partial charge in [0.05, 0.1) is 52.2 Å². The molecule has 66 heavy (non-hydrogen) atoms. The Bertz CT molecular complexity index is 2830. The van der Waals surface area contributed by atoms with Gasteiger partial charge in [-0.3, -0.25) is 9.59 Å². The number of hydrogen-bond donors (Lipinski definition) is 2. The number of nitrogens with one attached hydrogen (secondary N) is 2. The van der Waals surface area contributed by atoms with Crippen LogP contribution in [0.5, 0.6) is 11.5 Å². The largest absolute Gasteiger partial charge is 0.487 e. The van der Waals surface area contributed by atoms with E-state index in [1.165, 1.54) is 30.5 Å². The number of aryl methyl sites for hydroxylation is 1. The number of nitrogens with zero attached hydrogens (tertiary/aromatic N) is 7. The molecule has 2 fully saturated rings. The van der Waals surface area contributed by atoms with E-state index in [9.17, 15) is 46.5 Å². The first-order valence-electron chi connectivity index (χ1n) is 20.5. The number of carbonyl (C=O) groups excluding carboxylic acids is 2. The number of nitriles is 2. The van der Waals surface area contributed by atoms with Gasteiger partial charge in [0, 0.05) is 89.5 Å². The molecule has 0 unspecified atom stereocenters. The van der Waals surface area contributed by atoms with Crippen LogP contribution in [-0.4, -0.2) is 64.7 Å². The predicted molar refractivity (Wildman–Crippen MR) is 230 cm³/mol. The minimum atomic E-state index is -1.11. The summed E-state index contributed by atoms with van der Waals surface area (Å²) in [7, 11) is 1.73. The lowest BCUT2D eigenvalue weighted by molar-refractivity contribution is 0.100. The van der Waals surface area contributed by atoms with E-state index in [1.807, 2.05) is 11.0 Å². The zero-order valence-corrected chi connectivity index (χ0v) is 35.1. The van der Waals surface area contributed by atoms with Crippen molar-refractivity contribution in [3.8, 4) is 23.6 Å². The summed E-state index contributed by atoms with van der Waals surface area (Å²) >= 11 is 0. The van der Waals surface area contributed by atoms with Gasteiger partial charge in [0.15, 0.2) is 40.5 Å². The van der Waals surface area contributed by atoms with E-state index in [1.54, 1.807) is 48.1 Å². The predicted octanol–water partition coefficient (Wildman–Crippen LogP) is 8.68. The first kappa shape index (κ1) is 45.9. The van der Waals surface area contributed by atoms with Crippen LogP contribution >= 0.6 is 0 Å². The Kier molecular flexibility index (Phi) is 14.4. The molecule has 2 aromatic heterocycles. The Labute approximate surface area is 374 Å². The van der Waals surface area contributed by atoms with Gasteiger partial charge in [-0.05, 0) is 60.7 Å². The number of ether oxygens (including phenoxy) is 2. The van der Waals surface area contributed by atoms with Crippen LogP contribution < -0.4 is 29.9 Å². The number of pyridine rings is 1. The third kappa shape index (κ3) is 11.2. The van der Waals surface area contributed by atoms with Gasteiger partial charge in [0.1, 0.15) is 29.7 Å². The Morgan fingerprint density at radius 3 is 1.52 bits per heavy atom. The van der Waals surface area contributed by atoms with Crippen molar-refractivity contribution in [3.63, 3.8) is 0 Å². The summed E-state index contributed by atoms with van der Waals surface area (Å²) in [6.45, 7) is 2.16. The van der Waals surface area contributed by atoms with E-state index in [2.05, 4.69) is 31.6 Å². The molecule has 0 saturated carbocycles. The zero-order valence-electron chi connectivity index (χ0n) is 35.1. The fourth-order valence-corrected chi connectivity index (χ4v) is 7.42. The summed E-state index contributed by atoms with van der Waals surface area (Å²) in [6.07, 6.45) is 5.69. The first-order chi connectivity index (χ1) is 31.8. The number of imidazole rings is 1. The van der Waals surface area contributed by atoms with Crippen LogP contribution in [-0.2, 0) is 7.05 Å². The van der Waals surface area contributed by atoms with Crippen molar-refractivity contribution in [1.29, 1.82) is 10.5 Å². The van der Waals surface area contributed by atoms with E-state index < -0.39 is 46.5 Å². The number of hydrogen-bond acceptors (Lipinski definition) is 10. The fraction of sp³-hybridized carbons (Fsp3) is 0.234. The number of anilines is 4. The molecule has 0 bridgehead atoms. The molecule has 6 aromatic rings. The van der Waals surface area contributed by atoms with E-state index in [0.717, 1.165) is 30.1 Å². The second kappa shape index (κ2) is 20.6. The highest BCUT2D eigenvalue weighted by Crippen LogP contribution is 2.33. The van der Waals surface area contributed by atoms with Crippen LogP contribution in [0.4, 0.5) is 49.1 Å². The molecule has 2 saturated heterocycles. The topological polar surface area (TPSA) is 161 Å². The van der Waals surface area contributed by atoms with Crippen molar-refractivity contribution < 1.29 is 45.4 Å². The lowest BCUT2D eigenvalue weighted by Gasteiger charge is -2.34. The van der Waals surface area contributed by atoms with E-state index in [4.69, 9.17) is 9.47 Å².